The Bertz CT molecular complexity index is 2160. The molecule has 6 atom stereocenters. The summed E-state index contributed by atoms with van der Waals surface area (Å²) in [7, 11) is -4.46. The molecule has 5 rings (SSSR count). The number of H-pyrrole nitrogens is 1. The van der Waals surface area contributed by atoms with Crippen LogP contribution in [0.2, 0.25) is 36.3 Å². The molecule has 0 aliphatic carbocycles. The number of rotatable bonds is 14. The van der Waals surface area contributed by atoms with Crippen LogP contribution in [0.25, 0.3) is 0 Å². The Kier molecular flexibility index (Phi) is 14.3. The van der Waals surface area contributed by atoms with Gasteiger partial charge in [0, 0.05) is 47.7 Å². The fourth-order valence-electron chi connectivity index (χ4n) is 6.40. The van der Waals surface area contributed by atoms with Gasteiger partial charge in [-0.15, -0.1) is 11.8 Å². The fraction of sp³-hybridized carbons (Fsp3) is 0.610. The van der Waals surface area contributed by atoms with Crippen molar-refractivity contribution in [1.29, 1.82) is 0 Å². The van der Waals surface area contributed by atoms with Crippen molar-refractivity contribution >= 4 is 46.0 Å². The van der Waals surface area contributed by atoms with Crippen LogP contribution in [0.3, 0.4) is 0 Å². The smallest absolute Gasteiger partial charge is 0.351 e. The monoisotopic (exact) mass is 870 g/mol. The molecule has 0 radical (unpaired) electrons. The zero-order chi connectivity index (χ0) is 43.7. The van der Waals surface area contributed by atoms with E-state index in [1.165, 1.54) is 27.1 Å². The summed E-state index contributed by atoms with van der Waals surface area (Å²) in [6, 6.07) is 8.21. The van der Waals surface area contributed by atoms with E-state index in [9.17, 15) is 24.0 Å². The summed E-state index contributed by atoms with van der Waals surface area (Å²) in [5, 5.41) is 5.76. The van der Waals surface area contributed by atoms with Crippen LogP contribution in [0.1, 0.15) is 88.3 Å². The maximum atomic E-state index is 13.7. The van der Waals surface area contributed by atoms with E-state index in [0.29, 0.717) is 35.3 Å². The first kappa shape index (κ1) is 46.4. The van der Waals surface area contributed by atoms with Gasteiger partial charge in [-0.2, -0.15) is 4.98 Å². The standard InChI is InChI=1S/C41H62N6O9SSi2/c1-25-20-46(38(51)44-35(25)43-37(50)27-16-14-13-15-17-27)33-18-28(30(54-33)22-53-58(9,10)40(3,4)5)42-32(48)24-57-23-31-29(56-59(11,12)41(6,7)8)19-34(55-31)47-21-26(2)36(49)45-39(47)52/h13-17,20-21,28-31,33-34H,18-19,22-24H2,1-12H3,(H,42,48)(H,45,49,52)(H,43,44,50,51)/t28-,29-,30+,31+,33+,34+/m0/s1. The number of amides is 2. The molecule has 2 aliphatic heterocycles. The summed E-state index contributed by atoms with van der Waals surface area (Å²) in [5.74, 6) is 0.105. The maximum Gasteiger partial charge on any atom is 0.351 e. The lowest BCUT2D eigenvalue weighted by molar-refractivity contribution is -0.119. The fourth-order valence-corrected chi connectivity index (χ4v) is 9.68. The van der Waals surface area contributed by atoms with E-state index in [-0.39, 0.29) is 46.2 Å². The molecule has 4 heterocycles. The van der Waals surface area contributed by atoms with Crippen LogP contribution in [0.5, 0.6) is 0 Å². The summed E-state index contributed by atoms with van der Waals surface area (Å²) < 4.78 is 29.1. The van der Waals surface area contributed by atoms with Gasteiger partial charge in [-0.1, -0.05) is 59.7 Å². The molecule has 0 unspecified atom stereocenters. The summed E-state index contributed by atoms with van der Waals surface area (Å²) in [6.45, 7) is 25.2. The van der Waals surface area contributed by atoms with Gasteiger partial charge in [0.05, 0.1) is 30.6 Å². The van der Waals surface area contributed by atoms with Crippen LogP contribution in [0.15, 0.2) is 57.1 Å². The van der Waals surface area contributed by atoms with Crippen LogP contribution in [-0.2, 0) is 23.1 Å². The molecule has 2 aliphatic rings. The molecule has 0 bridgehead atoms. The lowest BCUT2D eigenvalue weighted by Gasteiger charge is -2.39. The number of thioether (sulfide) groups is 1. The van der Waals surface area contributed by atoms with E-state index in [0.717, 1.165) is 0 Å². The highest BCUT2D eigenvalue weighted by Gasteiger charge is 2.46. The van der Waals surface area contributed by atoms with E-state index in [2.05, 4.69) is 88.3 Å². The van der Waals surface area contributed by atoms with Crippen molar-refractivity contribution in [3.8, 4) is 0 Å². The van der Waals surface area contributed by atoms with Gasteiger partial charge in [-0.05, 0) is 62.2 Å². The van der Waals surface area contributed by atoms with E-state index < -0.39 is 64.3 Å². The Morgan fingerprint density at radius 1 is 0.881 bits per heavy atom. The third-order valence-electron chi connectivity index (χ3n) is 12.1. The van der Waals surface area contributed by atoms with Gasteiger partial charge in [0.2, 0.25) is 5.91 Å². The minimum Gasteiger partial charge on any atom is -0.414 e. The number of nitrogens with one attached hydrogen (secondary N) is 3. The largest absolute Gasteiger partial charge is 0.414 e. The first-order chi connectivity index (χ1) is 27.4. The van der Waals surface area contributed by atoms with Gasteiger partial charge < -0.3 is 29.0 Å². The summed E-state index contributed by atoms with van der Waals surface area (Å²) in [6.07, 6.45) is 1.17. The van der Waals surface area contributed by atoms with Crippen LogP contribution >= 0.6 is 11.8 Å². The highest BCUT2D eigenvalue weighted by atomic mass is 32.2. The first-order valence-corrected chi connectivity index (χ1v) is 27.1. The minimum atomic E-state index is -2.25. The van der Waals surface area contributed by atoms with Crippen LogP contribution in [0.4, 0.5) is 5.82 Å². The van der Waals surface area contributed by atoms with Crippen molar-refractivity contribution in [3.05, 3.63) is 90.7 Å². The Morgan fingerprint density at radius 2 is 1.49 bits per heavy atom. The molecule has 2 amide bonds. The molecule has 2 aromatic heterocycles. The minimum absolute atomic E-state index is 0.0593. The van der Waals surface area contributed by atoms with Gasteiger partial charge in [-0.25, -0.2) is 9.59 Å². The third kappa shape index (κ3) is 11.2. The molecule has 59 heavy (non-hydrogen) atoms. The summed E-state index contributed by atoms with van der Waals surface area (Å²) >= 11 is 1.40. The van der Waals surface area contributed by atoms with E-state index in [4.69, 9.17) is 18.3 Å². The quantitative estimate of drug-likeness (QED) is 0.165. The lowest BCUT2D eigenvalue weighted by atomic mass is 10.1. The molecule has 0 saturated carbocycles. The number of carbonyl (C=O) groups excluding carboxylic acids is 2. The predicted molar refractivity (Wildman–Crippen MR) is 235 cm³/mol. The molecule has 15 nitrogen and oxygen atoms in total. The molecular formula is C41H62N6O9SSi2. The van der Waals surface area contributed by atoms with Gasteiger partial charge in [0.25, 0.3) is 11.5 Å². The molecular weight excluding hydrogens is 809 g/mol. The number of carbonyl (C=O) groups is 2. The normalized spacial score (nSPS) is 22.7. The topological polar surface area (TPSA) is 185 Å². The number of benzene rings is 1. The van der Waals surface area contributed by atoms with E-state index in [1.807, 2.05) is 6.07 Å². The van der Waals surface area contributed by atoms with E-state index >= 15 is 0 Å². The molecule has 324 valence electrons. The van der Waals surface area contributed by atoms with Crippen LogP contribution in [-0.4, -0.2) is 90.0 Å². The number of nitrogens with zero attached hydrogens (tertiary/aromatic N) is 3. The summed E-state index contributed by atoms with van der Waals surface area (Å²) in [5.41, 5.74) is -0.174. The number of ether oxygens (including phenoxy) is 2. The SMILES string of the molecule is Cc1cn([C@H]2C[C@H](NC(=O)CSC[C@H]3O[C@@H](n4cc(C)c(=O)[nH]c4=O)C[C@@H]3O[Si](C)(C)C(C)(C)C)[C@@H](CO[Si](C)(C)C(C)(C)C)O2)c(=O)nc1NC(=O)c1ccccc1. The molecule has 1 aromatic carbocycles. The van der Waals surface area contributed by atoms with Crippen LogP contribution in [0, 0.1) is 13.8 Å². The van der Waals surface area contributed by atoms with Gasteiger partial charge >= 0.3 is 11.4 Å². The Balaban J connectivity index is 1.29. The second-order valence-electron chi connectivity index (χ2n) is 18.7. The third-order valence-corrected chi connectivity index (χ3v) is 22.1. The molecule has 2 saturated heterocycles. The van der Waals surface area contributed by atoms with Crippen molar-refractivity contribution < 1.29 is 27.9 Å². The van der Waals surface area contributed by atoms with Crippen molar-refractivity contribution in [2.24, 2.45) is 0 Å². The number of aryl methyl sites for hydroxylation is 2. The predicted octanol–water partition coefficient (Wildman–Crippen LogP) is 5.87. The molecule has 3 aromatic rings. The van der Waals surface area contributed by atoms with Crippen LogP contribution < -0.4 is 27.6 Å². The van der Waals surface area contributed by atoms with Gasteiger partial charge in [-0.3, -0.25) is 28.5 Å². The first-order valence-electron chi connectivity index (χ1n) is 20.1. The zero-order valence-electron chi connectivity index (χ0n) is 36.5. The molecule has 2 fully saturated rings. The van der Waals surface area contributed by atoms with Crippen molar-refractivity contribution in [3.63, 3.8) is 0 Å². The second-order valence-corrected chi connectivity index (χ2v) is 29.3. The number of aromatic amines is 1. The molecule has 0 spiro atoms. The molecule has 18 heteroatoms. The number of hydrogen-bond donors (Lipinski definition) is 3. The van der Waals surface area contributed by atoms with Crippen molar-refractivity contribution in [2.45, 2.75) is 141 Å². The average Bonchev–Trinajstić information content (AvgIpc) is 3.72. The zero-order valence-corrected chi connectivity index (χ0v) is 39.3. The highest BCUT2D eigenvalue weighted by Crippen LogP contribution is 2.42. The Morgan fingerprint density at radius 3 is 2.14 bits per heavy atom. The maximum absolute atomic E-state index is 13.7. The van der Waals surface area contributed by atoms with Gasteiger partial charge in [0.15, 0.2) is 16.6 Å². The average molecular weight is 871 g/mol. The second kappa shape index (κ2) is 18.1. The summed E-state index contributed by atoms with van der Waals surface area (Å²) in [4.78, 5) is 71.4. The lowest BCUT2D eigenvalue weighted by Crippen LogP contribution is -2.47. The van der Waals surface area contributed by atoms with Gasteiger partial charge in [0.1, 0.15) is 24.4 Å². The highest BCUT2D eigenvalue weighted by molar-refractivity contribution is 8.00. The molecule has 3 N–H and O–H groups in total. The number of anilines is 1. The van der Waals surface area contributed by atoms with E-state index in [1.54, 1.807) is 44.3 Å². The number of hydrogen-bond acceptors (Lipinski definition) is 11. The van der Waals surface area contributed by atoms with Crippen molar-refractivity contribution in [1.82, 2.24) is 24.4 Å². The number of aromatic nitrogens is 4. The Hall–Kier alpha value is -3.66. The Labute approximate surface area is 352 Å². The van der Waals surface area contributed by atoms with Crippen molar-refractivity contribution in [2.75, 3.05) is 23.4 Å².